The molecule has 0 radical (unpaired) electrons. The first kappa shape index (κ1) is 26.7. The topological polar surface area (TPSA) is 79.5 Å². The molecule has 12 heteroatoms. The molecule has 0 saturated carbocycles. The van der Waals surface area contributed by atoms with Crippen LogP contribution in [0.5, 0.6) is 5.75 Å². The standard InChI is InChI=1S/C28H18ClF3N2O4S2/c29-16-5-3-4-14(12-16)13-38-17-10-8-15(9-11-17)20-21-23(39-24-22(20)40-27(37)33-24)26(36)34(25(21)35)19-7-2-1-6-18(19)28(30,31)32/h1-12,20-21,23H,13H2,(H,33,37)/t20-,21-,23+/m0/s1. The summed E-state index contributed by atoms with van der Waals surface area (Å²) < 4.78 is 47.2. The number of nitrogens with one attached hydrogen (secondary N) is 1. The van der Waals surface area contributed by atoms with Crippen molar-refractivity contribution in [2.75, 3.05) is 4.90 Å². The number of alkyl halides is 3. The number of aromatic amines is 1. The molecule has 0 aliphatic carbocycles. The number of hydrogen-bond acceptors (Lipinski definition) is 6. The first-order valence-corrected chi connectivity index (χ1v) is 14.1. The summed E-state index contributed by atoms with van der Waals surface area (Å²) in [5, 5.41) is 0.0232. The van der Waals surface area contributed by atoms with E-state index >= 15 is 0 Å². The number of aromatic nitrogens is 1. The van der Waals surface area contributed by atoms with E-state index in [4.69, 9.17) is 16.3 Å². The molecule has 4 aromatic rings. The van der Waals surface area contributed by atoms with Gasteiger partial charge in [-0.15, -0.1) is 0 Å². The summed E-state index contributed by atoms with van der Waals surface area (Å²) in [5.74, 6) is -2.66. The van der Waals surface area contributed by atoms with Crippen LogP contribution in [0.25, 0.3) is 0 Å². The third-order valence-electron chi connectivity index (χ3n) is 6.81. The first-order chi connectivity index (χ1) is 19.1. The van der Waals surface area contributed by atoms with Crippen LogP contribution >= 0.6 is 34.7 Å². The van der Waals surface area contributed by atoms with Gasteiger partial charge in [-0.1, -0.05) is 71.1 Å². The summed E-state index contributed by atoms with van der Waals surface area (Å²) in [5.41, 5.74) is -0.0598. The van der Waals surface area contributed by atoms with Crippen molar-refractivity contribution < 1.29 is 27.5 Å². The van der Waals surface area contributed by atoms with E-state index in [0.717, 1.165) is 40.8 Å². The van der Waals surface area contributed by atoms with Crippen LogP contribution < -0.4 is 14.5 Å². The minimum atomic E-state index is -4.76. The molecule has 1 fully saturated rings. The van der Waals surface area contributed by atoms with Gasteiger partial charge in [-0.05, 0) is 47.5 Å². The maximum absolute atomic E-state index is 13.8. The summed E-state index contributed by atoms with van der Waals surface area (Å²) >= 11 is 7.96. The van der Waals surface area contributed by atoms with Gasteiger partial charge in [0.05, 0.1) is 22.2 Å². The number of anilines is 1. The number of fused-ring (bicyclic) bond motifs is 2. The summed E-state index contributed by atoms with van der Waals surface area (Å²) in [6.07, 6.45) is -4.76. The number of thioether (sulfide) groups is 1. The number of amides is 2. The van der Waals surface area contributed by atoms with Gasteiger partial charge in [-0.2, -0.15) is 13.2 Å². The number of carbonyl (C=O) groups is 2. The summed E-state index contributed by atoms with van der Waals surface area (Å²) in [6, 6.07) is 18.7. The molecule has 0 bridgehead atoms. The normalized spacial score (nSPS) is 20.4. The van der Waals surface area contributed by atoms with Gasteiger partial charge in [0.1, 0.15) is 17.6 Å². The molecule has 3 atom stereocenters. The van der Waals surface area contributed by atoms with Gasteiger partial charge in [-0.25, -0.2) is 4.90 Å². The molecule has 0 spiro atoms. The first-order valence-electron chi connectivity index (χ1n) is 12.0. The Morgan fingerprint density at radius 1 is 0.950 bits per heavy atom. The predicted molar refractivity (Wildman–Crippen MR) is 146 cm³/mol. The molecule has 0 unspecified atom stereocenters. The monoisotopic (exact) mass is 602 g/mol. The number of rotatable bonds is 5. The molecule has 6 rings (SSSR count). The number of imide groups is 1. The molecule has 3 aromatic carbocycles. The number of halogens is 4. The molecule has 1 aromatic heterocycles. The van der Waals surface area contributed by atoms with Crippen molar-refractivity contribution >= 4 is 52.2 Å². The second-order valence-corrected chi connectivity index (χ2v) is 11.9. The van der Waals surface area contributed by atoms with Crippen LogP contribution in [0.3, 0.4) is 0 Å². The van der Waals surface area contributed by atoms with Crippen LogP contribution in [0.2, 0.25) is 5.02 Å². The number of carbonyl (C=O) groups excluding carboxylic acids is 2. The molecule has 204 valence electrons. The zero-order valence-electron chi connectivity index (χ0n) is 20.3. The lowest BCUT2D eigenvalue weighted by atomic mass is 9.83. The Morgan fingerprint density at radius 3 is 2.42 bits per heavy atom. The van der Waals surface area contributed by atoms with Gasteiger partial charge in [0.15, 0.2) is 0 Å². The van der Waals surface area contributed by atoms with Gasteiger partial charge in [0.2, 0.25) is 11.8 Å². The zero-order chi connectivity index (χ0) is 28.2. The fourth-order valence-electron chi connectivity index (χ4n) is 5.09. The minimum Gasteiger partial charge on any atom is -0.489 e. The summed E-state index contributed by atoms with van der Waals surface area (Å²) in [4.78, 5) is 43.2. The number of hydrogen-bond donors (Lipinski definition) is 1. The average molecular weight is 603 g/mol. The number of ether oxygens (including phenoxy) is 1. The Morgan fingerprint density at radius 2 is 1.70 bits per heavy atom. The molecule has 2 aliphatic heterocycles. The fraction of sp³-hybridized carbons (Fsp3) is 0.179. The number of para-hydroxylation sites is 1. The van der Waals surface area contributed by atoms with Crippen LogP contribution in [0.15, 0.2) is 82.6 Å². The maximum Gasteiger partial charge on any atom is 0.418 e. The van der Waals surface area contributed by atoms with Crippen LogP contribution in [0, 0.1) is 5.92 Å². The molecular weight excluding hydrogens is 585 g/mol. The molecule has 3 heterocycles. The smallest absolute Gasteiger partial charge is 0.418 e. The molecule has 2 aliphatic rings. The van der Waals surface area contributed by atoms with Gasteiger partial charge >= 0.3 is 11.0 Å². The van der Waals surface area contributed by atoms with Crippen molar-refractivity contribution in [1.29, 1.82) is 0 Å². The van der Waals surface area contributed by atoms with Crippen molar-refractivity contribution in [3.63, 3.8) is 0 Å². The van der Waals surface area contributed by atoms with Crippen molar-refractivity contribution in [2.45, 2.75) is 29.0 Å². The third-order valence-corrected chi connectivity index (χ3v) is 9.44. The number of benzene rings is 3. The van der Waals surface area contributed by atoms with E-state index in [2.05, 4.69) is 4.98 Å². The Balaban J connectivity index is 1.35. The Hall–Kier alpha value is -3.54. The lowest BCUT2D eigenvalue weighted by molar-refractivity contribution is -0.137. The van der Waals surface area contributed by atoms with E-state index < -0.39 is 46.3 Å². The quantitative estimate of drug-likeness (QED) is 0.264. The SMILES string of the molecule is O=C1[C@H]2[C@H](c3ccc(OCc4cccc(Cl)c4)cc3)c3sc(=O)[nH]c3S[C@H]2C(=O)N1c1ccccc1C(F)(F)F. The average Bonchev–Trinajstić information content (AvgIpc) is 3.41. The molecule has 1 N–H and O–H groups in total. The van der Waals surface area contributed by atoms with Gasteiger partial charge in [0, 0.05) is 15.8 Å². The van der Waals surface area contributed by atoms with Crippen molar-refractivity contribution in [3.05, 3.63) is 109 Å². The maximum atomic E-state index is 13.8. The predicted octanol–water partition coefficient (Wildman–Crippen LogP) is 6.48. The van der Waals surface area contributed by atoms with Crippen molar-refractivity contribution in [3.8, 4) is 5.75 Å². The van der Waals surface area contributed by atoms with Gasteiger partial charge in [-0.3, -0.25) is 14.4 Å². The Bertz CT molecular complexity index is 1690. The van der Waals surface area contributed by atoms with Gasteiger partial charge in [0.25, 0.3) is 0 Å². The van der Waals surface area contributed by atoms with E-state index in [9.17, 15) is 27.6 Å². The highest BCUT2D eigenvalue weighted by Crippen LogP contribution is 2.54. The lowest BCUT2D eigenvalue weighted by Gasteiger charge is -2.29. The second kappa shape index (κ2) is 10.1. The minimum absolute atomic E-state index is 0.273. The van der Waals surface area contributed by atoms with Crippen LogP contribution in [0.4, 0.5) is 18.9 Å². The highest BCUT2D eigenvalue weighted by Gasteiger charge is 2.57. The Kier molecular flexibility index (Phi) is 6.76. The fourth-order valence-corrected chi connectivity index (χ4v) is 7.81. The second-order valence-electron chi connectivity index (χ2n) is 9.26. The highest BCUT2D eigenvalue weighted by atomic mass is 35.5. The summed E-state index contributed by atoms with van der Waals surface area (Å²) in [6.45, 7) is 0.273. The summed E-state index contributed by atoms with van der Waals surface area (Å²) in [7, 11) is 0. The van der Waals surface area contributed by atoms with E-state index in [1.165, 1.54) is 12.1 Å². The van der Waals surface area contributed by atoms with E-state index in [-0.39, 0.29) is 11.5 Å². The van der Waals surface area contributed by atoms with E-state index in [0.29, 0.717) is 31.1 Å². The molecule has 40 heavy (non-hydrogen) atoms. The van der Waals surface area contributed by atoms with Crippen LogP contribution in [-0.4, -0.2) is 22.0 Å². The Labute approximate surface area is 238 Å². The van der Waals surface area contributed by atoms with Crippen molar-refractivity contribution in [2.24, 2.45) is 5.92 Å². The number of nitrogens with zero attached hydrogens (tertiary/aromatic N) is 1. The van der Waals surface area contributed by atoms with E-state index in [1.54, 1.807) is 36.4 Å². The van der Waals surface area contributed by atoms with Gasteiger partial charge < -0.3 is 9.72 Å². The lowest BCUT2D eigenvalue weighted by Crippen LogP contribution is -2.33. The zero-order valence-corrected chi connectivity index (χ0v) is 22.7. The molecule has 2 amide bonds. The third kappa shape index (κ3) is 4.71. The van der Waals surface area contributed by atoms with Crippen molar-refractivity contribution in [1.82, 2.24) is 4.98 Å². The van der Waals surface area contributed by atoms with Crippen LogP contribution in [0.1, 0.15) is 27.5 Å². The molecule has 6 nitrogen and oxygen atoms in total. The molecule has 1 saturated heterocycles. The number of H-pyrrole nitrogens is 1. The van der Waals surface area contributed by atoms with E-state index in [1.807, 2.05) is 12.1 Å². The highest BCUT2D eigenvalue weighted by molar-refractivity contribution is 8.00. The molecular formula is C28H18ClF3N2O4S2. The number of thiazole rings is 1. The van der Waals surface area contributed by atoms with Crippen LogP contribution in [-0.2, 0) is 22.4 Å². The largest absolute Gasteiger partial charge is 0.489 e.